The summed E-state index contributed by atoms with van der Waals surface area (Å²) in [7, 11) is 3.25. The number of ether oxygens (including phenoxy) is 1. The fourth-order valence-corrected chi connectivity index (χ4v) is 4.21. The summed E-state index contributed by atoms with van der Waals surface area (Å²) in [6.07, 6.45) is 5.56. The molecule has 2 aromatic heterocycles. The summed E-state index contributed by atoms with van der Waals surface area (Å²) in [6.45, 7) is 5.15. The second-order valence-electron chi connectivity index (χ2n) is 7.74. The zero-order valence-corrected chi connectivity index (χ0v) is 18.1. The summed E-state index contributed by atoms with van der Waals surface area (Å²) in [5, 5.41) is 3.07. The molecule has 0 saturated carbocycles. The van der Waals surface area contributed by atoms with Gasteiger partial charge in [-0.1, -0.05) is 6.07 Å². The first-order valence-electron chi connectivity index (χ1n) is 10.2. The first-order valence-corrected chi connectivity index (χ1v) is 10.2. The van der Waals surface area contributed by atoms with E-state index in [4.69, 9.17) is 4.74 Å². The Morgan fingerprint density at radius 2 is 2.10 bits per heavy atom. The van der Waals surface area contributed by atoms with E-state index in [1.165, 1.54) is 7.11 Å². The number of fused-ring (bicyclic) bond motifs is 1. The number of benzene rings is 1. The highest BCUT2D eigenvalue weighted by atomic mass is 19.1. The van der Waals surface area contributed by atoms with Crippen molar-refractivity contribution in [3.8, 4) is 5.75 Å². The Morgan fingerprint density at radius 3 is 2.84 bits per heavy atom. The zero-order valence-electron chi connectivity index (χ0n) is 18.1. The topological polar surface area (TPSA) is 72.3 Å². The fourth-order valence-electron chi connectivity index (χ4n) is 4.21. The van der Waals surface area contributed by atoms with Crippen LogP contribution < -0.4 is 10.1 Å². The molecule has 0 aliphatic carbocycles. The third kappa shape index (κ3) is 3.85. The number of pyridine rings is 1. The number of aromatic nitrogens is 3. The Hall–Kier alpha value is -3.42. The molecule has 1 aromatic carbocycles. The number of aryl methyl sites for hydroxylation is 1. The van der Waals surface area contributed by atoms with Gasteiger partial charge < -0.3 is 19.5 Å². The predicted molar refractivity (Wildman–Crippen MR) is 116 cm³/mol. The third-order valence-corrected chi connectivity index (χ3v) is 5.88. The highest BCUT2D eigenvalue weighted by Crippen LogP contribution is 2.31. The van der Waals surface area contributed by atoms with Crippen molar-refractivity contribution in [2.75, 3.05) is 26.0 Å². The van der Waals surface area contributed by atoms with E-state index in [-0.39, 0.29) is 17.7 Å². The number of halogens is 1. The number of amides is 1. The standard InChI is InChI=1S/C23H26FN5O2/c1-14-9-16(13-28-8-6-26-23(28)25-3)10-18-17(14)5-7-29(22(18)30)15(2)20-11-21(31-4)19(24)12-27-20/h6,8-12,15H,5,7,13H2,1-4H3,(H,25,26). The van der Waals surface area contributed by atoms with Crippen molar-refractivity contribution in [2.45, 2.75) is 32.9 Å². The number of carbonyl (C=O) groups excluding carboxylic acids is 1. The van der Waals surface area contributed by atoms with Gasteiger partial charge in [0.25, 0.3) is 5.91 Å². The SMILES string of the molecule is CNc1nccn1Cc1cc(C)c2c(c1)C(=O)N(C(C)c1cc(OC)c(F)cn1)CC2. The number of nitrogens with zero attached hydrogens (tertiary/aromatic N) is 4. The molecular weight excluding hydrogens is 397 g/mol. The average Bonchev–Trinajstić information content (AvgIpc) is 3.21. The fraction of sp³-hybridized carbons (Fsp3) is 0.348. The molecule has 0 radical (unpaired) electrons. The van der Waals surface area contributed by atoms with E-state index >= 15 is 0 Å². The lowest BCUT2D eigenvalue weighted by molar-refractivity contribution is 0.0668. The van der Waals surface area contributed by atoms with Gasteiger partial charge >= 0.3 is 0 Å². The van der Waals surface area contributed by atoms with E-state index in [2.05, 4.69) is 21.4 Å². The highest BCUT2D eigenvalue weighted by molar-refractivity contribution is 5.97. The maximum atomic E-state index is 13.8. The molecule has 0 saturated heterocycles. The van der Waals surface area contributed by atoms with Crippen molar-refractivity contribution in [3.63, 3.8) is 0 Å². The minimum absolute atomic E-state index is 0.0386. The number of methoxy groups -OCH3 is 1. The molecule has 3 aromatic rings. The number of nitrogens with one attached hydrogen (secondary N) is 1. The largest absolute Gasteiger partial charge is 0.494 e. The van der Waals surface area contributed by atoms with Crippen LogP contribution in [0.25, 0.3) is 0 Å². The molecule has 0 bridgehead atoms. The lowest BCUT2D eigenvalue weighted by atomic mass is 9.91. The zero-order chi connectivity index (χ0) is 22.1. The Kier molecular flexibility index (Phi) is 5.63. The monoisotopic (exact) mass is 423 g/mol. The third-order valence-electron chi connectivity index (χ3n) is 5.88. The van der Waals surface area contributed by atoms with Gasteiger partial charge in [0.05, 0.1) is 31.6 Å². The van der Waals surface area contributed by atoms with E-state index in [1.807, 2.05) is 37.7 Å². The van der Waals surface area contributed by atoms with Gasteiger partial charge in [0.15, 0.2) is 11.6 Å². The van der Waals surface area contributed by atoms with Crippen LogP contribution in [0, 0.1) is 12.7 Å². The Balaban J connectivity index is 1.64. The summed E-state index contributed by atoms with van der Waals surface area (Å²) < 4.78 is 20.8. The van der Waals surface area contributed by atoms with E-state index < -0.39 is 5.82 Å². The molecule has 3 heterocycles. The van der Waals surface area contributed by atoms with Crippen LogP contribution in [0.4, 0.5) is 10.3 Å². The Morgan fingerprint density at radius 1 is 1.29 bits per heavy atom. The first-order chi connectivity index (χ1) is 14.9. The van der Waals surface area contributed by atoms with Crippen molar-refractivity contribution >= 4 is 11.9 Å². The van der Waals surface area contributed by atoms with Crippen LogP contribution >= 0.6 is 0 Å². The summed E-state index contributed by atoms with van der Waals surface area (Å²) in [6, 6.07) is 5.37. The number of hydrogen-bond donors (Lipinski definition) is 1. The highest BCUT2D eigenvalue weighted by Gasteiger charge is 2.31. The van der Waals surface area contributed by atoms with Crippen LogP contribution in [0.5, 0.6) is 5.75 Å². The van der Waals surface area contributed by atoms with Gasteiger partial charge in [-0.05, 0) is 43.0 Å². The molecular formula is C23H26FN5O2. The van der Waals surface area contributed by atoms with Crippen molar-refractivity contribution < 1.29 is 13.9 Å². The molecule has 0 spiro atoms. The molecule has 7 nitrogen and oxygen atoms in total. The summed E-state index contributed by atoms with van der Waals surface area (Å²) >= 11 is 0. The van der Waals surface area contributed by atoms with E-state index in [0.29, 0.717) is 24.3 Å². The average molecular weight is 423 g/mol. The predicted octanol–water partition coefficient (Wildman–Crippen LogP) is 3.58. The second kappa shape index (κ2) is 8.37. The quantitative estimate of drug-likeness (QED) is 0.656. The van der Waals surface area contributed by atoms with Crippen molar-refractivity contribution in [2.24, 2.45) is 0 Å². The summed E-state index contributed by atoms with van der Waals surface area (Å²) in [5.74, 6) is 0.339. The van der Waals surface area contributed by atoms with Gasteiger partial charge in [-0.2, -0.15) is 0 Å². The lowest BCUT2D eigenvalue weighted by Crippen LogP contribution is -2.40. The van der Waals surface area contributed by atoms with Gasteiger partial charge in [0.1, 0.15) is 0 Å². The number of carbonyl (C=O) groups is 1. The van der Waals surface area contributed by atoms with E-state index in [1.54, 1.807) is 17.2 Å². The molecule has 4 rings (SSSR count). The summed E-state index contributed by atoms with van der Waals surface area (Å²) in [5.41, 5.74) is 4.55. The molecule has 1 atom stereocenters. The van der Waals surface area contributed by atoms with Crippen LogP contribution in [-0.2, 0) is 13.0 Å². The molecule has 8 heteroatoms. The minimum Gasteiger partial charge on any atom is -0.494 e. The smallest absolute Gasteiger partial charge is 0.254 e. The van der Waals surface area contributed by atoms with Crippen molar-refractivity contribution in [1.82, 2.24) is 19.4 Å². The molecule has 31 heavy (non-hydrogen) atoms. The van der Waals surface area contributed by atoms with Crippen LogP contribution in [0.1, 0.15) is 45.7 Å². The minimum atomic E-state index is -0.519. The number of hydrogen-bond acceptors (Lipinski definition) is 5. The van der Waals surface area contributed by atoms with E-state index in [9.17, 15) is 9.18 Å². The van der Waals surface area contributed by atoms with Crippen LogP contribution in [0.3, 0.4) is 0 Å². The molecule has 1 aliphatic heterocycles. The molecule has 0 fully saturated rings. The van der Waals surface area contributed by atoms with Crippen LogP contribution in [0.2, 0.25) is 0 Å². The van der Waals surface area contributed by atoms with Crippen LogP contribution in [-0.4, -0.2) is 46.0 Å². The van der Waals surface area contributed by atoms with Crippen molar-refractivity contribution in [1.29, 1.82) is 0 Å². The maximum absolute atomic E-state index is 13.8. The number of anilines is 1. The van der Waals surface area contributed by atoms with Gasteiger partial charge in [0, 0.05) is 37.6 Å². The number of rotatable bonds is 6. The lowest BCUT2D eigenvalue weighted by Gasteiger charge is -2.34. The van der Waals surface area contributed by atoms with E-state index in [0.717, 1.165) is 35.3 Å². The molecule has 1 N–H and O–H groups in total. The normalized spacial score (nSPS) is 14.4. The molecule has 1 unspecified atom stereocenters. The maximum Gasteiger partial charge on any atom is 0.254 e. The second-order valence-corrected chi connectivity index (χ2v) is 7.74. The van der Waals surface area contributed by atoms with Gasteiger partial charge in [-0.25, -0.2) is 9.37 Å². The molecule has 162 valence electrons. The molecule has 1 aliphatic rings. The Labute approximate surface area is 180 Å². The van der Waals surface area contributed by atoms with Crippen LogP contribution in [0.15, 0.2) is 36.8 Å². The summed E-state index contributed by atoms with van der Waals surface area (Å²) in [4.78, 5) is 23.7. The Bertz CT molecular complexity index is 1130. The van der Waals surface area contributed by atoms with Crippen molar-refractivity contribution in [3.05, 3.63) is 70.6 Å². The van der Waals surface area contributed by atoms with Gasteiger partial charge in [0.2, 0.25) is 5.95 Å². The molecule has 1 amide bonds. The van der Waals surface area contributed by atoms with Gasteiger partial charge in [-0.3, -0.25) is 9.78 Å². The van der Waals surface area contributed by atoms with Gasteiger partial charge in [-0.15, -0.1) is 0 Å². The number of imidazole rings is 1. The first kappa shape index (κ1) is 20.8.